The Labute approximate surface area is 148 Å². The van der Waals surface area contributed by atoms with Crippen molar-refractivity contribution in [3.63, 3.8) is 0 Å². The van der Waals surface area contributed by atoms with E-state index in [0.717, 1.165) is 6.07 Å². The number of rotatable bonds is 4. The van der Waals surface area contributed by atoms with E-state index in [9.17, 15) is 14.3 Å². The zero-order valence-electron chi connectivity index (χ0n) is 11.8. The average Bonchev–Trinajstić information content (AvgIpc) is 2.54. The molecular weight excluding hydrogens is 435 g/mol. The topological polar surface area (TPSA) is 70.9 Å². The number of phenolic OH excluding ortho intramolecular Hbond substituents is 1. The van der Waals surface area contributed by atoms with Gasteiger partial charge in [-0.05, 0) is 56.1 Å². The molecule has 2 N–H and O–H groups in total. The summed E-state index contributed by atoms with van der Waals surface area (Å²) < 4.78 is 19.0. The fraction of sp³-hybridized carbons (Fsp3) is 0.0667. The van der Waals surface area contributed by atoms with Crippen LogP contribution < -0.4 is 10.2 Å². The molecule has 2 aromatic carbocycles. The number of hydrazone groups is 1. The van der Waals surface area contributed by atoms with Crippen molar-refractivity contribution in [2.45, 2.75) is 0 Å². The van der Waals surface area contributed by atoms with E-state index < -0.39 is 11.7 Å². The molecule has 0 fully saturated rings. The minimum absolute atomic E-state index is 0.0553. The lowest BCUT2D eigenvalue weighted by atomic mass is 10.2. The van der Waals surface area contributed by atoms with E-state index in [0.29, 0.717) is 14.5 Å². The molecule has 0 saturated carbocycles. The number of halogens is 3. The lowest BCUT2D eigenvalue weighted by Crippen LogP contribution is -2.17. The summed E-state index contributed by atoms with van der Waals surface area (Å²) in [6.45, 7) is 0. The van der Waals surface area contributed by atoms with Crippen molar-refractivity contribution < 1.29 is 19.0 Å². The second-order valence-corrected chi connectivity index (χ2v) is 5.94. The Bertz CT molecular complexity index is 782. The first-order valence-electron chi connectivity index (χ1n) is 6.28. The van der Waals surface area contributed by atoms with Crippen molar-refractivity contribution in [2.24, 2.45) is 5.10 Å². The number of carbonyl (C=O) groups is 1. The summed E-state index contributed by atoms with van der Waals surface area (Å²) in [5.74, 6) is -0.850. The third-order valence-corrected chi connectivity index (χ3v) is 5.01. The van der Waals surface area contributed by atoms with Gasteiger partial charge in [-0.15, -0.1) is 0 Å². The molecule has 5 nitrogen and oxygen atoms in total. The van der Waals surface area contributed by atoms with E-state index in [1.54, 1.807) is 6.07 Å². The predicted octanol–water partition coefficient (Wildman–Crippen LogP) is 3.83. The van der Waals surface area contributed by atoms with Gasteiger partial charge in [0.1, 0.15) is 5.82 Å². The zero-order chi connectivity index (χ0) is 17.0. The highest BCUT2D eigenvalue weighted by Gasteiger charge is 2.14. The molecule has 8 heteroatoms. The summed E-state index contributed by atoms with van der Waals surface area (Å²) in [4.78, 5) is 11.8. The number of nitrogens with zero attached hydrogens (tertiary/aromatic N) is 1. The van der Waals surface area contributed by atoms with Crippen LogP contribution in [0.25, 0.3) is 0 Å². The van der Waals surface area contributed by atoms with Gasteiger partial charge in [0.15, 0.2) is 11.5 Å². The molecule has 0 aliphatic carbocycles. The smallest absolute Gasteiger partial charge is 0.271 e. The normalized spacial score (nSPS) is 10.8. The third-order valence-electron chi connectivity index (χ3n) is 2.85. The summed E-state index contributed by atoms with van der Waals surface area (Å²) in [6.07, 6.45) is 1.37. The number of hydrogen-bond acceptors (Lipinski definition) is 4. The van der Waals surface area contributed by atoms with Crippen molar-refractivity contribution >= 4 is 44.0 Å². The lowest BCUT2D eigenvalue weighted by molar-refractivity contribution is 0.0954. The van der Waals surface area contributed by atoms with Crippen molar-refractivity contribution in [3.05, 3.63) is 56.2 Å². The molecule has 1 amide bonds. The maximum absolute atomic E-state index is 13.1. The van der Waals surface area contributed by atoms with Gasteiger partial charge >= 0.3 is 0 Å². The van der Waals surface area contributed by atoms with E-state index in [4.69, 9.17) is 4.74 Å². The summed E-state index contributed by atoms with van der Waals surface area (Å²) in [7, 11) is 1.42. The van der Waals surface area contributed by atoms with Gasteiger partial charge in [-0.3, -0.25) is 4.79 Å². The average molecular weight is 446 g/mol. The molecule has 2 rings (SSSR count). The monoisotopic (exact) mass is 444 g/mol. The molecular formula is C15H11Br2FN2O3. The van der Waals surface area contributed by atoms with E-state index >= 15 is 0 Å². The lowest BCUT2D eigenvalue weighted by Gasteiger charge is -2.09. The maximum Gasteiger partial charge on any atom is 0.271 e. The first-order chi connectivity index (χ1) is 10.9. The Balaban J connectivity index is 2.18. The number of methoxy groups -OCH3 is 1. The summed E-state index contributed by atoms with van der Waals surface area (Å²) in [6, 6.07) is 6.82. The molecule has 120 valence electrons. The van der Waals surface area contributed by atoms with Crippen LogP contribution >= 0.6 is 31.9 Å². The number of hydrogen-bond donors (Lipinski definition) is 2. The summed E-state index contributed by atoms with van der Waals surface area (Å²) >= 11 is 6.52. The zero-order valence-corrected chi connectivity index (χ0v) is 15.0. The van der Waals surface area contributed by atoms with Gasteiger partial charge in [0.2, 0.25) is 0 Å². The number of nitrogens with one attached hydrogen (secondary N) is 1. The van der Waals surface area contributed by atoms with Gasteiger partial charge in [-0.2, -0.15) is 5.10 Å². The highest BCUT2D eigenvalue weighted by molar-refractivity contribution is 9.13. The van der Waals surface area contributed by atoms with Gasteiger partial charge in [0.05, 0.1) is 17.8 Å². The number of ether oxygens (including phenoxy) is 1. The van der Waals surface area contributed by atoms with Crippen LogP contribution in [0.2, 0.25) is 0 Å². The molecule has 0 unspecified atom stereocenters. The maximum atomic E-state index is 13.1. The molecule has 0 radical (unpaired) electrons. The second kappa shape index (κ2) is 7.56. The van der Waals surface area contributed by atoms with Crippen molar-refractivity contribution in [2.75, 3.05) is 7.11 Å². The van der Waals surface area contributed by atoms with Gasteiger partial charge in [0.25, 0.3) is 5.91 Å². The van der Waals surface area contributed by atoms with Crippen LogP contribution in [0, 0.1) is 5.82 Å². The Morgan fingerprint density at radius 3 is 2.74 bits per heavy atom. The summed E-state index contributed by atoms with van der Waals surface area (Å²) in [5, 5.41) is 13.7. The minimum atomic E-state index is -0.540. The number of aromatic hydroxyl groups is 1. The quantitative estimate of drug-likeness (QED) is 0.555. The fourth-order valence-electron chi connectivity index (χ4n) is 1.72. The Morgan fingerprint density at radius 1 is 1.35 bits per heavy atom. The molecule has 0 aliphatic rings. The van der Waals surface area contributed by atoms with Crippen molar-refractivity contribution in [3.8, 4) is 11.5 Å². The van der Waals surface area contributed by atoms with Crippen molar-refractivity contribution in [1.29, 1.82) is 0 Å². The first kappa shape index (κ1) is 17.4. The predicted molar refractivity (Wildman–Crippen MR) is 91.5 cm³/mol. The van der Waals surface area contributed by atoms with Gasteiger partial charge in [0, 0.05) is 15.6 Å². The van der Waals surface area contributed by atoms with Gasteiger partial charge < -0.3 is 9.84 Å². The van der Waals surface area contributed by atoms with Crippen LogP contribution in [0.4, 0.5) is 4.39 Å². The molecule has 0 spiro atoms. The Morgan fingerprint density at radius 2 is 2.09 bits per heavy atom. The van der Waals surface area contributed by atoms with Crippen LogP contribution in [0.5, 0.6) is 11.5 Å². The van der Waals surface area contributed by atoms with Crippen LogP contribution in [0.3, 0.4) is 0 Å². The molecule has 0 heterocycles. The number of benzene rings is 2. The highest BCUT2D eigenvalue weighted by atomic mass is 79.9. The standard InChI is InChI=1S/C15H11Br2FN2O3/c1-23-11-6-9(12(16)13(17)14(11)21)7-19-20-15(22)8-3-2-4-10(18)5-8/h2-7,21H,1H3,(H,20,22)/b19-7+. The number of carbonyl (C=O) groups excluding carboxylic acids is 1. The van der Waals surface area contributed by atoms with E-state index in [1.807, 2.05) is 0 Å². The second-order valence-electron chi connectivity index (χ2n) is 4.35. The van der Waals surface area contributed by atoms with Crippen LogP contribution in [-0.2, 0) is 0 Å². The van der Waals surface area contributed by atoms with E-state index in [-0.39, 0.29) is 17.1 Å². The van der Waals surface area contributed by atoms with Crippen molar-refractivity contribution in [1.82, 2.24) is 5.43 Å². The summed E-state index contributed by atoms with van der Waals surface area (Å²) in [5.41, 5.74) is 3.02. The van der Waals surface area contributed by atoms with Crippen LogP contribution in [0.1, 0.15) is 15.9 Å². The van der Waals surface area contributed by atoms with Crippen LogP contribution in [-0.4, -0.2) is 24.3 Å². The molecule has 0 aromatic heterocycles. The van der Waals surface area contributed by atoms with E-state index in [1.165, 1.54) is 31.5 Å². The Hall–Kier alpha value is -1.93. The first-order valence-corrected chi connectivity index (χ1v) is 7.86. The number of phenols is 1. The third kappa shape index (κ3) is 4.08. The highest BCUT2D eigenvalue weighted by Crippen LogP contribution is 2.41. The van der Waals surface area contributed by atoms with E-state index in [2.05, 4.69) is 42.4 Å². The van der Waals surface area contributed by atoms with Gasteiger partial charge in [-0.25, -0.2) is 9.82 Å². The molecule has 0 saturated heterocycles. The fourth-order valence-corrected chi connectivity index (χ4v) is 2.54. The minimum Gasteiger partial charge on any atom is -0.503 e. The number of amides is 1. The SMILES string of the molecule is COc1cc(/C=N/NC(=O)c2cccc(F)c2)c(Br)c(Br)c1O. The molecule has 23 heavy (non-hydrogen) atoms. The van der Waals surface area contributed by atoms with Gasteiger partial charge in [-0.1, -0.05) is 6.07 Å². The molecule has 2 aromatic rings. The molecule has 0 bridgehead atoms. The molecule has 0 aliphatic heterocycles. The molecule has 0 atom stereocenters. The van der Waals surface area contributed by atoms with Crippen LogP contribution in [0.15, 0.2) is 44.4 Å². The Kier molecular flexibility index (Phi) is 5.73. The largest absolute Gasteiger partial charge is 0.503 e.